The minimum Gasteiger partial charge on any atom is -0.377 e. The zero-order valence-corrected chi connectivity index (χ0v) is 10.5. The highest BCUT2D eigenvalue weighted by molar-refractivity contribution is 7.89. The lowest BCUT2D eigenvalue weighted by molar-refractivity contribution is 0.598. The summed E-state index contributed by atoms with van der Waals surface area (Å²) in [5.74, 6) is 0. The van der Waals surface area contributed by atoms with Gasteiger partial charge < -0.3 is 4.90 Å². The summed E-state index contributed by atoms with van der Waals surface area (Å²) in [5, 5.41) is 6.82. The molecule has 0 saturated heterocycles. The average molecular weight is 250 g/mol. The first kappa shape index (κ1) is 11.9. The van der Waals surface area contributed by atoms with E-state index >= 15 is 0 Å². The number of fused-ring (bicyclic) bond motifs is 1. The molecule has 90 valence electrons. The topological polar surface area (TPSA) is 63.4 Å². The van der Waals surface area contributed by atoms with Gasteiger partial charge in [0.15, 0.2) is 0 Å². The van der Waals surface area contributed by atoms with Gasteiger partial charge in [0.05, 0.1) is 5.69 Å². The molecule has 0 unspecified atom stereocenters. The van der Waals surface area contributed by atoms with Gasteiger partial charge >= 0.3 is 0 Å². The molecule has 0 aliphatic carbocycles. The van der Waals surface area contributed by atoms with Crippen LogP contribution in [0.2, 0.25) is 0 Å². The fourth-order valence-electron chi connectivity index (χ4n) is 1.88. The Morgan fingerprint density at radius 1 is 1.06 bits per heavy atom. The van der Waals surface area contributed by atoms with Crippen molar-refractivity contribution < 1.29 is 8.42 Å². The van der Waals surface area contributed by atoms with E-state index in [4.69, 9.17) is 5.14 Å². The summed E-state index contributed by atoms with van der Waals surface area (Å²) in [6, 6.07) is 11.0. The number of hydrogen-bond acceptors (Lipinski definition) is 3. The number of anilines is 1. The molecule has 0 fully saturated rings. The fraction of sp³-hybridized carbons (Fsp3) is 0.167. The van der Waals surface area contributed by atoms with Gasteiger partial charge in [-0.15, -0.1) is 0 Å². The van der Waals surface area contributed by atoms with Gasteiger partial charge in [0.1, 0.15) is 4.90 Å². The summed E-state index contributed by atoms with van der Waals surface area (Å²) in [6.07, 6.45) is 0. The van der Waals surface area contributed by atoms with Crippen LogP contribution in [0.5, 0.6) is 0 Å². The van der Waals surface area contributed by atoms with Crippen LogP contribution in [0.15, 0.2) is 41.3 Å². The third-order valence-corrected chi connectivity index (χ3v) is 3.62. The van der Waals surface area contributed by atoms with E-state index < -0.39 is 10.0 Å². The van der Waals surface area contributed by atoms with E-state index in [0.717, 1.165) is 5.39 Å². The largest absolute Gasteiger partial charge is 0.377 e. The summed E-state index contributed by atoms with van der Waals surface area (Å²) in [4.78, 5) is 1.92. The van der Waals surface area contributed by atoms with Crippen molar-refractivity contribution in [1.29, 1.82) is 0 Å². The zero-order chi connectivity index (χ0) is 12.6. The predicted molar refractivity (Wildman–Crippen MR) is 69.6 cm³/mol. The van der Waals surface area contributed by atoms with Crippen LogP contribution >= 0.6 is 0 Å². The third-order valence-electron chi connectivity index (χ3n) is 2.63. The molecule has 0 atom stereocenters. The minimum atomic E-state index is -3.75. The molecule has 0 saturated carbocycles. The van der Waals surface area contributed by atoms with Gasteiger partial charge in [-0.25, -0.2) is 13.6 Å². The molecular formula is C12H14N2O2S. The molecule has 0 aliphatic rings. The van der Waals surface area contributed by atoms with E-state index in [2.05, 4.69) is 0 Å². The maximum atomic E-state index is 11.7. The SMILES string of the molecule is CN(C)c1ccc2ccccc2c1S(N)(=O)=O. The molecule has 0 radical (unpaired) electrons. The first-order valence-corrected chi connectivity index (χ1v) is 6.68. The normalized spacial score (nSPS) is 11.7. The minimum absolute atomic E-state index is 0.181. The van der Waals surface area contributed by atoms with E-state index in [9.17, 15) is 8.42 Å². The Bertz CT molecular complexity index is 663. The van der Waals surface area contributed by atoms with Gasteiger partial charge in [0.25, 0.3) is 0 Å². The van der Waals surface area contributed by atoms with Gasteiger partial charge in [0, 0.05) is 19.5 Å². The summed E-state index contributed by atoms with van der Waals surface area (Å²) in [7, 11) is -0.166. The van der Waals surface area contributed by atoms with Crippen LogP contribution < -0.4 is 10.0 Å². The van der Waals surface area contributed by atoms with Crippen LogP contribution in [0.25, 0.3) is 10.8 Å². The number of benzene rings is 2. The maximum absolute atomic E-state index is 11.7. The Labute approximate surface area is 101 Å². The van der Waals surface area contributed by atoms with Gasteiger partial charge in [-0.05, 0) is 11.5 Å². The van der Waals surface area contributed by atoms with E-state index in [1.807, 2.05) is 18.2 Å². The molecule has 0 amide bonds. The highest BCUT2D eigenvalue weighted by Crippen LogP contribution is 2.30. The summed E-state index contributed by atoms with van der Waals surface area (Å²) in [6.45, 7) is 0. The number of nitrogens with two attached hydrogens (primary N) is 1. The van der Waals surface area contributed by atoms with Crippen molar-refractivity contribution in [2.45, 2.75) is 4.90 Å². The number of nitrogens with zero attached hydrogens (tertiary/aromatic N) is 1. The maximum Gasteiger partial charge on any atom is 0.240 e. The van der Waals surface area contributed by atoms with Gasteiger partial charge in [-0.1, -0.05) is 30.3 Å². The number of rotatable bonds is 2. The smallest absolute Gasteiger partial charge is 0.240 e. The van der Waals surface area contributed by atoms with Crippen LogP contribution in [0.3, 0.4) is 0 Å². The summed E-state index contributed by atoms with van der Waals surface area (Å²) in [5.41, 5.74) is 0.603. The molecule has 2 N–H and O–H groups in total. The van der Waals surface area contributed by atoms with E-state index in [1.54, 1.807) is 37.2 Å². The van der Waals surface area contributed by atoms with Crippen molar-refractivity contribution in [3.8, 4) is 0 Å². The Balaban J connectivity index is 2.95. The Kier molecular flexibility index (Phi) is 2.81. The van der Waals surface area contributed by atoms with Crippen molar-refractivity contribution in [3.63, 3.8) is 0 Å². The predicted octanol–water partition coefficient (Wildman–Crippen LogP) is 1.55. The fourth-order valence-corrected chi connectivity index (χ4v) is 2.92. The molecule has 17 heavy (non-hydrogen) atoms. The summed E-state index contributed by atoms with van der Waals surface area (Å²) >= 11 is 0. The highest BCUT2D eigenvalue weighted by atomic mass is 32.2. The molecule has 2 aromatic carbocycles. The number of primary sulfonamides is 1. The molecule has 4 nitrogen and oxygen atoms in total. The Hall–Kier alpha value is -1.59. The molecule has 0 aliphatic heterocycles. The second-order valence-corrected chi connectivity index (χ2v) is 5.57. The standard InChI is InChI=1S/C12H14N2O2S/c1-14(2)11-8-7-9-5-3-4-6-10(9)12(11)17(13,15)16/h3-8H,1-2H3,(H2,13,15,16). The van der Waals surface area contributed by atoms with Crippen LogP contribution in [0, 0.1) is 0 Å². The molecule has 0 spiro atoms. The first-order chi connectivity index (χ1) is 7.91. The third kappa shape index (κ3) is 2.11. The Morgan fingerprint density at radius 3 is 2.29 bits per heavy atom. The molecule has 2 rings (SSSR count). The lowest BCUT2D eigenvalue weighted by Gasteiger charge is -2.18. The van der Waals surface area contributed by atoms with Gasteiger partial charge in [-0.2, -0.15) is 0 Å². The molecule has 2 aromatic rings. The van der Waals surface area contributed by atoms with Crippen LogP contribution in [-0.4, -0.2) is 22.5 Å². The second-order valence-electron chi connectivity index (χ2n) is 4.07. The second kappa shape index (κ2) is 4.01. The molecule has 0 aromatic heterocycles. The highest BCUT2D eigenvalue weighted by Gasteiger charge is 2.18. The number of hydrogen-bond donors (Lipinski definition) is 1. The van der Waals surface area contributed by atoms with E-state index in [-0.39, 0.29) is 4.90 Å². The van der Waals surface area contributed by atoms with Crippen LogP contribution in [0.1, 0.15) is 0 Å². The van der Waals surface area contributed by atoms with Crippen LogP contribution in [0.4, 0.5) is 5.69 Å². The zero-order valence-electron chi connectivity index (χ0n) is 9.71. The van der Waals surface area contributed by atoms with Gasteiger partial charge in [-0.3, -0.25) is 0 Å². The molecular weight excluding hydrogens is 236 g/mol. The number of sulfonamides is 1. The molecule has 0 bridgehead atoms. The van der Waals surface area contributed by atoms with Crippen molar-refractivity contribution in [1.82, 2.24) is 0 Å². The lowest BCUT2D eigenvalue weighted by Crippen LogP contribution is -2.19. The van der Waals surface area contributed by atoms with Crippen LogP contribution in [-0.2, 0) is 10.0 Å². The molecule has 5 heteroatoms. The quantitative estimate of drug-likeness (QED) is 0.879. The average Bonchev–Trinajstić information content (AvgIpc) is 2.26. The Morgan fingerprint density at radius 2 is 1.71 bits per heavy atom. The van der Waals surface area contributed by atoms with Crippen molar-refractivity contribution in [3.05, 3.63) is 36.4 Å². The van der Waals surface area contributed by atoms with Crippen molar-refractivity contribution in [2.24, 2.45) is 5.14 Å². The summed E-state index contributed by atoms with van der Waals surface area (Å²) < 4.78 is 23.4. The molecule has 0 heterocycles. The van der Waals surface area contributed by atoms with Gasteiger partial charge in [0.2, 0.25) is 10.0 Å². The van der Waals surface area contributed by atoms with E-state index in [1.165, 1.54) is 0 Å². The van der Waals surface area contributed by atoms with Crippen molar-refractivity contribution >= 4 is 26.5 Å². The lowest BCUT2D eigenvalue weighted by atomic mass is 10.1. The first-order valence-electron chi connectivity index (χ1n) is 5.13. The monoisotopic (exact) mass is 250 g/mol. The van der Waals surface area contributed by atoms with Crippen molar-refractivity contribution in [2.75, 3.05) is 19.0 Å². The van der Waals surface area contributed by atoms with E-state index in [0.29, 0.717) is 11.1 Å².